The van der Waals surface area contributed by atoms with Gasteiger partial charge in [0.2, 0.25) is 0 Å². The molecule has 1 atom stereocenters. The lowest BCUT2D eigenvalue weighted by Gasteiger charge is -2.13. The van der Waals surface area contributed by atoms with E-state index in [9.17, 15) is 21.9 Å². The molecule has 0 aliphatic rings. The van der Waals surface area contributed by atoms with Crippen LogP contribution in [0.25, 0.3) is 0 Å². The van der Waals surface area contributed by atoms with Gasteiger partial charge in [-0.05, 0) is 38.1 Å². The van der Waals surface area contributed by atoms with E-state index in [1.54, 1.807) is 38.1 Å². The predicted molar refractivity (Wildman–Crippen MR) is 89.8 cm³/mol. The molecule has 0 fully saturated rings. The Kier molecular flexibility index (Phi) is 5.96. The molecule has 0 unspecified atom stereocenters. The summed E-state index contributed by atoms with van der Waals surface area (Å²) in [5.74, 6) is 0. The van der Waals surface area contributed by atoms with Gasteiger partial charge in [-0.2, -0.15) is 16.8 Å². The van der Waals surface area contributed by atoms with Gasteiger partial charge in [0.1, 0.15) is 6.61 Å². The lowest BCUT2D eigenvalue weighted by Crippen LogP contribution is -2.25. The number of hydrogen-bond acceptors (Lipinski definition) is 7. The van der Waals surface area contributed by atoms with Gasteiger partial charge >= 0.3 is 0 Å². The molecule has 2 aromatic carbocycles. The van der Waals surface area contributed by atoms with Crippen LogP contribution in [-0.2, 0) is 28.6 Å². The summed E-state index contributed by atoms with van der Waals surface area (Å²) in [6.07, 6.45) is -1.97. The lowest BCUT2D eigenvalue weighted by molar-refractivity contribution is -0.0419. The number of aliphatic hydroxyl groups excluding tert-OH is 1. The van der Waals surface area contributed by atoms with Crippen LogP contribution in [0.3, 0.4) is 0 Å². The molecule has 2 rings (SSSR count). The SMILES string of the molecule is Cc1ccc(S(=O)(=O)OC[C@H](O)OS(=O)(=O)c2ccc(C)cc2)cc1. The molecule has 0 saturated heterocycles. The van der Waals surface area contributed by atoms with Crippen molar-refractivity contribution in [3.05, 3.63) is 59.7 Å². The Bertz CT molecular complexity index is 915. The molecule has 136 valence electrons. The summed E-state index contributed by atoms with van der Waals surface area (Å²) < 4.78 is 57.2. The zero-order valence-electron chi connectivity index (χ0n) is 13.6. The maximum absolute atomic E-state index is 12.0. The quantitative estimate of drug-likeness (QED) is 0.570. The summed E-state index contributed by atoms with van der Waals surface area (Å²) in [5, 5.41) is 9.66. The normalized spacial score (nSPS) is 13.6. The van der Waals surface area contributed by atoms with E-state index in [0.29, 0.717) is 0 Å². The molecular weight excluding hydrogens is 368 g/mol. The van der Waals surface area contributed by atoms with Crippen molar-refractivity contribution in [3.63, 3.8) is 0 Å². The van der Waals surface area contributed by atoms with Crippen molar-refractivity contribution in [3.8, 4) is 0 Å². The summed E-state index contributed by atoms with van der Waals surface area (Å²) in [7, 11) is -8.37. The molecule has 9 heteroatoms. The van der Waals surface area contributed by atoms with Crippen molar-refractivity contribution in [2.75, 3.05) is 6.61 Å². The van der Waals surface area contributed by atoms with E-state index in [2.05, 4.69) is 8.37 Å². The monoisotopic (exact) mass is 386 g/mol. The van der Waals surface area contributed by atoms with Crippen molar-refractivity contribution in [1.29, 1.82) is 0 Å². The van der Waals surface area contributed by atoms with Gasteiger partial charge in [0.15, 0.2) is 6.29 Å². The first-order valence-corrected chi connectivity index (χ1v) is 10.1. The highest BCUT2D eigenvalue weighted by Gasteiger charge is 2.23. The molecule has 0 spiro atoms. The van der Waals surface area contributed by atoms with Crippen molar-refractivity contribution in [2.45, 2.75) is 29.9 Å². The molecule has 7 nitrogen and oxygen atoms in total. The van der Waals surface area contributed by atoms with Crippen LogP contribution in [-0.4, -0.2) is 34.8 Å². The highest BCUT2D eigenvalue weighted by molar-refractivity contribution is 7.87. The van der Waals surface area contributed by atoms with Gasteiger partial charge in [0, 0.05) is 0 Å². The molecule has 0 aliphatic heterocycles. The highest BCUT2D eigenvalue weighted by atomic mass is 32.2. The molecule has 0 aliphatic carbocycles. The Hall–Kier alpha value is -1.78. The van der Waals surface area contributed by atoms with Crippen molar-refractivity contribution in [1.82, 2.24) is 0 Å². The minimum Gasteiger partial charge on any atom is -0.365 e. The van der Waals surface area contributed by atoms with Crippen LogP contribution >= 0.6 is 0 Å². The molecule has 0 radical (unpaired) electrons. The number of aryl methyl sites for hydroxylation is 2. The number of aliphatic hydroxyl groups is 1. The topological polar surface area (TPSA) is 107 Å². The lowest BCUT2D eigenvalue weighted by atomic mass is 10.2. The van der Waals surface area contributed by atoms with E-state index in [1.165, 1.54) is 24.3 Å². The van der Waals surface area contributed by atoms with Crippen LogP contribution in [0.1, 0.15) is 11.1 Å². The fourth-order valence-electron chi connectivity index (χ4n) is 1.86. The van der Waals surface area contributed by atoms with Gasteiger partial charge in [-0.1, -0.05) is 35.4 Å². The smallest absolute Gasteiger partial charge is 0.299 e. The minimum atomic E-state index is -4.24. The van der Waals surface area contributed by atoms with E-state index >= 15 is 0 Å². The Labute approximate surface area is 147 Å². The summed E-state index contributed by atoms with van der Waals surface area (Å²) in [6.45, 7) is 2.72. The van der Waals surface area contributed by atoms with E-state index in [0.717, 1.165) is 11.1 Å². The fourth-order valence-corrected chi connectivity index (χ4v) is 3.68. The second-order valence-corrected chi connectivity index (χ2v) is 8.56. The first-order valence-electron chi connectivity index (χ1n) is 7.24. The van der Waals surface area contributed by atoms with E-state index in [1.807, 2.05) is 0 Å². The van der Waals surface area contributed by atoms with Crippen LogP contribution in [0.4, 0.5) is 0 Å². The van der Waals surface area contributed by atoms with Gasteiger partial charge in [-0.3, -0.25) is 4.18 Å². The Morgan fingerprint density at radius 1 is 0.800 bits per heavy atom. The van der Waals surface area contributed by atoms with E-state index in [4.69, 9.17) is 0 Å². The van der Waals surface area contributed by atoms with E-state index < -0.39 is 33.1 Å². The van der Waals surface area contributed by atoms with Gasteiger partial charge in [0.25, 0.3) is 20.2 Å². The molecular formula is C16H18O7S2. The van der Waals surface area contributed by atoms with Gasteiger partial charge in [0.05, 0.1) is 9.79 Å². The standard InChI is InChI=1S/C16H18O7S2/c1-12-3-7-14(8-4-12)24(18,19)22-11-16(17)23-25(20,21)15-9-5-13(2)6-10-15/h3-10,16-17H,11H2,1-2H3/t16-/m1/s1. The molecule has 0 saturated carbocycles. The average Bonchev–Trinajstić information content (AvgIpc) is 2.53. The number of benzene rings is 2. The first-order chi connectivity index (χ1) is 11.6. The van der Waals surface area contributed by atoms with Crippen LogP contribution in [0.5, 0.6) is 0 Å². The third kappa shape index (κ3) is 5.35. The second-order valence-electron chi connectivity index (χ2n) is 5.37. The molecule has 25 heavy (non-hydrogen) atoms. The minimum absolute atomic E-state index is 0.105. The number of hydrogen-bond donors (Lipinski definition) is 1. The van der Waals surface area contributed by atoms with Gasteiger partial charge in [-0.25, -0.2) is 4.18 Å². The fraction of sp³-hybridized carbons (Fsp3) is 0.250. The van der Waals surface area contributed by atoms with Crippen LogP contribution in [0.15, 0.2) is 58.3 Å². The highest BCUT2D eigenvalue weighted by Crippen LogP contribution is 2.17. The maximum Gasteiger partial charge on any atom is 0.299 e. The molecule has 0 bridgehead atoms. The molecule has 1 N–H and O–H groups in total. The van der Waals surface area contributed by atoms with Crippen LogP contribution < -0.4 is 0 Å². The molecule has 0 amide bonds. The summed E-state index contributed by atoms with van der Waals surface area (Å²) in [4.78, 5) is -0.259. The Balaban J connectivity index is 2.01. The largest absolute Gasteiger partial charge is 0.365 e. The van der Waals surface area contributed by atoms with Crippen molar-refractivity contribution in [2.24, 2.45) is 0 Å². The van der Waals surface area contributed by atoms with Gasteiger partial charge in [-0.15, -0.1) is 0 Å². The summed E-state index contributed by atoms with van der Waals surface area (Å²) in [6, 6.07) is 11.7. The summed E-state index contributed by atoms with van der Waals surface area (Å²) >= 11 is 0. The molecule has 2 aromatic rings. The van der Waals surface area contributed by atoms with Crippen molar-refractivity contribution >= 4 is 20.2 Å². The zero-order chi connectivity index (χ0) is 18.7. The van der Waals surface area contributed by atoms with Gasteiger partial charge < -0.3 is 5.11 Å². The Morgan fingerprint density at radius 2 is 1.20 bits per heavy atom. The number of rotatable bonds is 7. The maximum atomic E-state index is 12.0. The van der Waals surface area contributed by atoms with Crippen LogP contribution in [0, 0.1) is 13.8 Å². The van der Waals surface area contributed by atoms with E-state index in [-0.39, 0.29) is 9.79 Å². The molecule has 0 aromatic heterocycles. The second kappa shape index (κ2) is 7.63. The summed E-state index contributed by atoms with van der Waals surface area (Å²) in [5.41, 5.74) is 1.72. The first kappa shape index (κ1) is 19.5. The molecule has 0 heterocycles. The third-order valence-corrected chi connectivity index (χ3v) is 5.84. The Morgan fingerprint density at radius 3 is 1.64 bits per heavy atom. The van der Waals surface area contributed by atoms with Crippen molar-refractivity contribution < 1.29 is 30.3 Å². The van der Waals surface area contributed by atoms with Crippen LogP contribution in [0.2, 0.25) is 0 Å². The zero-order valence-corrected chi connectivity index (χ0v) is 15.2. The predicted octanol–water partition coefficient (Wildman–Crippen LogP) is 1.73. The third-order valence-electron chi connectivity index (χ3n) is 3.22. The average molecular weight is 386 g/mol.